The van der Waals surface area contributed by atoms with Crippen LogP contribution >= 0.6 is 0 Å². The molecule has 26 heavy (non-hydrogen) atoms. The average molecular weight is 364 g/mol. The van der Waals surface area contributed by atoms with E-state index in [4.69, 9.17) is 0 Å². The number of unbranched alkanes of at least 4 members (excludes halogenated alkanes) is 1. The summed E-state index contributed by atoms with van der Waals surface area (Å²) in [6.45, 7) is 12.5. The highest BCUT2D eigenvalue weighted by atomic mass is 16.2. The van der Waals surface area contributed by atoms with E-state index in [1.165, 1.54) is 0 Å². The van der Waals surface area contributed by atoms with Gasteiger partial charge in [-0.25, -0.2) is 0 Å². The number of aryl methyl sites for hydroxylation is 1. The number of hydrogen-bond acceptors (Lipinski definition) is 2. The topological polar surface area (TPSA) is 45.6 Å². The third-order valence-electron chi connectivity index (χ3n) is 4.39. The number of nitrogens with zero attached hydrogens (tertiary/aromatic N) is 3. The summed E-state index contributed by atoms with van der Waals surface area (Å²) >= 11 is 0. The normalized spacial score (nSPS) is 11.2. The van der Waals surface area contributed by atoms with E-state index in [1.807, 2.05) is 48.7 Å². The van der Waals surface area contributed by atoms with Gasteiger partial charge in [0.15, 0.2) is 0 Å². The van der Waals surface area contributed by atoms with Crippen molar-refractivity contribution in [3.05, 3.63) is 24.0 Å². The van der Waals surface area contributed by atoms with Crippen LogP contribution in [0.5, 0.6) is 0 Å². The fraction of sp³-hybridized carbons (Fsp3) is 0.714. The van der Waals surface area contributed by atoms with Crippen molar-refractivity contribution >= 4 is 11.8 Å². The number of carbonyl (C=O) groups is 2. The summed E-state index contributed by atoms with van der Waals surface area (Å²) in [7, 11) is 1.99. The van der Waals surface area contributed by atoms with Crippen molar-refractivity contribution in [1.29, 1.82) is 0 Å². The summed E-state index contributed by atoms with van der Waals surface area (Å²) < 4.78 is 2.04. The summed E-state index contributed by atoms with van der Waals surface area (Å²) in [6, 6.07) is 4.03. The van der Waals surface area contributed by atoms with Gasteiger partial charge >= 0.3 is 0 Å². The molecule has 5 nitrogen and oxygen atoms in total. The lowest BCUT2D eigenvalue weighted by Crippen LogP contribution is -2.44. The van der Waals surface area contributed by atoms with E-state index in [-0.39, 0.29) is 18.4 Å². The number of carbonyl (C=O) groups excluding carboxylic acids is 2. The minimum Gasteiger partial charge on any atom is -0.353 e. The van der Waals surface area contributed by atoms with E-state index in [0.717, 1.165) is 18.5 Å². The zero-order valence-electron chi connectivity index (χ0n) is 17.5. The molecule has 1 aromatic heterocycles. The molecular weight excluding hydrogens is 326 g/mol. The molecule has 0 unspecified atom stereocenters. The molecule has 0 spiro atoms. The van der Waals surface area contributed by atoms with E-state index in [1.54, 1.807) is 4.90 Å². The molecule has 0 radical (unpaired) electrons. The highest BCUT2D eigenvalue weighted by Gasteiger charge is 2.22. The SMILES string of the molecule is CCCCN(CC(=O)N(Cc1cccn1C)CC(C)C)C(=O)CC(C)C. The fourth-order valence-corrected chi connectivity index (χ4v) is 2.93. The largest absolute Gasteiger partial charge is 0.353 e. The molecule has 0 saturated carbocycles. The van der Waals surface area contributed by atoms with Crippen LogP contribution in [0.3, 0.4) is 0 Å². The predicted octanol–water partition coefficient (Wildman–Crippen LogP) is 3.68. The molecule has 5 heteroatoms. The van der Waals surface area contributed by atoms with Crippen LogP contribution in [0.4, 0.5) is 0 Å². The first kappa shape index (κ1) is 22.3. The van der Waals surface area contributed by atoms with Crippen molar-refractivity contribution < 1.29 is 9.59 Å². The Bertz CT molecular complexity index is 563. The van der Waals surface area contributed by atoms with Gasteiger partial charge in [-0.2, -0.15) is 0 Å². The van der Waals surface area contributed by atoms with Crippen LogP contribution in [0.25, 0.3) is 0 Å². The van der Waals surface area contributed by atoms with E-state index >= 15 is 0 Å². The Morgan fingerprint density at radius 1 is 1.08 bits per heavy atom. The maximum atomic E-state index is 13.0. The molecule has 0 N–H and O–H groups in total. The third kappa shape index (κ3) is 7.63. The molecular formula is C21H37N3O2. The number of rotatable bonds is 11. The second-order valence-electron chi connectivity index (χ2n) is 8.05. The third-order valence-corrected chi connectivity index (χ3v) is 4.39. The van der Waals surface area contributed by atoms with Crippen LogP contribution in [-0.4, -0.2) is 45.8 Å². The van der Waals surface area contributed by atoms with Crippen molar-refractivity contribution in [1.82, 2.24) is 14.4 Å². The molecule has 1 heterocycles. The first-order valence-electron chi connectivity index (χ1n) is 9.90. The second-order valence-corrected chi connectivity index (χ2v) is 8.05. The molecule has 0 saturated heterocycles. The lowest BCUT2D eigenvalue weighted by molar-refractivity contribution is -0.141. The number of aromatic nitrogens is 1. The molecule has 0 bridgehead atoms. The van der Waals surface area contributed by atoms with Gasteiger partial charge in [0.25, 0.3) is 0 Å². The van der Waals surface area contributed by atoms with Gasteiger partial charge in [-0.3, -0.25) is 9.59 Å². The fourth-order valence-electron chi connectivity index (χ4n) is 2.93. The Labute approximate surface area is 159 Å². The van der Waals surface area contributed by atoms with Crippen molar-refractivity contribution in [2.75, 3.05) is 19.6 Å². The monoisotopic (exact) mass is 363 g/mol. The maximum absolute atomic E-state index is 13.0. The standard InChI is InChI=1S/C21H37N3O2/c1-7-8-12-23(20(25)13-17(2)3)16-21(26)24(14-18(4)5)15-19-10-9-11-22(19)6/h9-11,17-18H,7-8,12-16H2,1-6H3. The zero-order valence-corrected chi connectivity index (χ0v) is 17.5. The average Bonchev–Trinajstić information content (AvgIpc) is 2.94. The zero-order chi connectivity index (χ0) is 19.7. The van der Waals surface area contributed by atoms with Gasteiger partial charge < -0.3 is 14.4 Å². The van der Waals surface area contributed by atoms with Gasteiger partial charge in [0.05, 0.1) is 13.1 Å². The molecule has 1 aromatic rings. The first-order valence-corrected chi connectivity index (χ1v) is 9.90. The Morgan fingerprint density at radius 3 is 2.27 bits per heavy atom. The Morgan fingerprint density at radius 2 is 1.77 bits per heavy atom. The smallest absolute Gasteiger partial charge is 0.242 e. The minimum absolute atomic E-state index is 0.0353. The Kier molecular flexibility index (Phi) is 9.46. The van der Waals surface area contributed by atoms with Crippen molar-refractivity contribution in [3.63, 3.8) is 0 Å². The van der Waals surface area contributed by atoms with Gasteiger partial charge in [0, 0.05) is 38.4 Å². The van der Waals surface area contributed by atoms with E-state index in [0.29, 0.717) is 37.9 Å². The van der Waals surface area contributed by atoms with Crippen LogP contribution in [0, 0.1) is 11.8 Å². The number of hydrogen-bond donors (Lipinski definition) is 0. The Balaban J connectivity index is 2.85. The van der Waals surface area contributed by atoms with Gasteiger partial charge in [-0.05, 0) is 30.4 Å². The molecule has 0 atom stereocenters. The molecule has 0 aliphatic heterocycles. The van der Waals surface area contributed by atoms with Gasteiger partial charge in [0.2, 0.25) is 11.8 Å². The van der Waals surface area contributed by atoms with E-state index in [2.05, 4.69) is 20.8 Å². The molecule has 2 amide bonds. The highest BCUT2D eigenvalue weighted by molar-refractivity contribution is 5.85. The first-order chi connectivity index (χ1) is 12.2. The quantitative estimate of drug-likeness (QED) is 0.602. The van der Waals surface area contributed by atoms with Crippen LogP contribution < -0.4 is 0 Å². The van der Waals surface area contributed by atoms with Crippen molar-refractivity contribution in [2.45, 2.75) is 60.4 Å². The summed E-state index contributed by atoms with van der Waals surface area (Å²) in [6.07, 6.45) is 4.43. The Hall–Kier alpha value is -1.78. The van der Waals surface area contributed by atoms with Crippen LogP contribution in [0.1, 0.15) is 59.6 Å². The summed E-state index contributed by atoms with van der Waals surface area (Å²) in [5.74, 6) is 0.810. The van der Waals surface area contributed by atoms with Crippen molar-refractivity contribution in [2.24, 2.45) is 18.9 Å². The predicted molar refractivity (Wildman–Crippen MR) is 107 cm³/mol. The molecule has 1 rings (SSSR count). The minimum atomic E-state index is 0.0353. The van der Waals surface area contributed by atoms with E-state index < -0.39 is 0 Å². The summed E-state index contributed by atoms with van der Waals surface area (Å²) in [5, 5.41) is 0. The van der Waals surface area contributed by atoms with Gasteiger partial charge in [0.1, 0.15) is 0 Å². The molecule has 148 valence electrons. The second kappa shape index (κ2) is 11.0. The van der Waals surface area contributed by atoms with Gasteiger partial charge in [-0.15, -0.1) is 0 Å². The van der Waals surface area contributed by atoms with Crippen LogP contribution in [0.2, 0.25) is 0 Å². The number of amides is 2. The van der Waals surface area contributed by atoms with E-state index in [9.17, 15) is 9.59 Å². The van der Waals surface area contributed by atoms with Crippen molar-refractivity contribution in [3.8, 4) is 0 Å². The van der Waals surface area contributed by atoms with Gasteiger partial charge in [-0.1, -0.05) is 41.0 Å². The highest BCUT2D eigenvalue weighted by Crippen LogP contribution is 2.11. The molecule has 0 aliphatic carbocycles. The molecule has 0 fully saturated rings. The summed E-state index contributed by atoms with van der Waals surface area (Å²) in [4.78, 5) is 29.2. The van der Waals surface area contributed by atoms with Crippen LogP contribution in [-0.2, 0) is 23.2 Å². The lowest BCUT2D eigenvalue weighted by atomic mass is 10.1. The van der Waals surface area contributed by atoms with Crippen LogP contribution in [0.15, 0.2) is 18.3 Å². The summed E-state index contributed by atoms with van der Waals surface area (Å²) in [5.41, 5.74) is 1.10. The lowest BCUT2D eigenvalue weighted by Gasteiger charge is -2.29. The molecule has 0 aromatic carbocycles. The molecule has 0 aliphatic rings. The maximum Gasteiger partial charge on any atom is 0.242 e.